The summed E-state index contributed by atoms with van der Waals surface area (Å²) >= 11 is 0. The minimum Gasteiger partial charge on any atom is -0.491 e. The maximum Gasteiger partial charge on any atom is 0.269 e. The van der Waals surface area contributed by atoms with Gasteiger partial charge < -0.3 is 15.2 Å². The second kappa shape index (κ2) is 10.1. The fraction of sp³-hybridized carbons (Fsp3) is 0.182. The van der Waals surface area contributed by atoms with E-state index in [-0.39, 0.29) is 12.3 Å². The molecule has 0 aliphatic heterocycles. The molecule has 0 aromatic heterocycles. The largest absolute Gasteiger partial charge is 0.491 e. The molecule has 0 radical (unpaired) electrons. The first-order valence-corrected chi connectivity index (χ1v) is 9.37. The molecule has 1 atom stereocenters. The molecule has 154 valence electrons. The van der Waals surface area contributed by atoms with Crippen LogP contribution in [0.4, 0.5) is 22.7 Å². The monoisotopic (exact) mass is 406 g/mol. The first-order chi connectivity index (χ1) is 14.5. The van der Waals surface area contributed by atoms with Crippen LogP contribution >= 0.6 is 0 Å². The zero-order chi connectivity index (χ0) is 21.3. The molecule has 0 fully saturated rings. The third-order valence-electron chi connectivity index (χ3n) is 4.21. The van der Waals surface area contributed by atoms with Crippen LogP contribution in [0.15, 0.2) is 83.0 Å². The summed E-state index contributed by atoms with van der Waals surface area (Å²) in [4.78, 5) is 10.2. The molecule has 0 bridgehead atoms. The van der Waals surface area contributed by atoms with Crippen molar-refractivity contribution >= 4 is 22.7 Å². The average Bonchev–Trinajstić information content (AvgIpc) is 2.77. The summed E-state index contributed by atoms with van der Waals surface area (Å²) in [5.41, 5.74) is 3.16. The zero-order valence-electron chi connectivity index (χ0n) is 16.4. The van der Waals surface area contributed by atoms with Gasteiger partial charge >= 0.3 is 0 Å². The summed E-state index contributed by atoms with van der Waals surface area (Å²) in [7, 11) is 0. The minimum atomic E-state index is -0.659. The van der Waals surface area contributed by atoms with Crippen LogP contribution in [0.3, 0.4) is 0 Å². The number of azo groups is 1. The third-order valence-corrected chi connectivity index (χ3v) is 4.21. The first kappa shape index (κ1) is 20.9. The SMILES string of the molecule is Cc1ccc(OCC(O)CNc2ccc(N=Nc3ccc([N+](=O)[O-])cc3)cc2)cc1. The van der Waals surface area contributed by atoms with Gasteiger partial charge in [0, 0.05) is 24.4 Å². The van der Waals surface area contributed by atoms with Gasteiger partial charge in [0.05, 0.1) is 16.3 Å². The number of ether oxygens (including phenoxy) is 1. The van der Waals surface area contributed by atoms with Gasteiger partial charge in [0.15, 0.2) is 0 Å². The van der Waals surface area contributed by atoms with E-state index in [1.807, 2.05) is 43.3 Å². The van der Waals surface area contributed by atoms with Gasteiger partial charge in [0.2, 0.25) is 0 Å². The molecule has 1 unspecified atom stereocenters. The van der Waals surface area contributed by atoms with E-state index in [0.29, 0.717) is 17.9 Å². The Balaban J connectivity index is 1.45. The number of non-ortho nitro benzene ring substituents is 1. The molecule has 0 saturated heterocycles. The van der Waals surface area contributed by atoms with Crippen molar-refractivity contribution < 1.29 is 14.8 Å². The van der Waals surface area contributed by atoms with E-state index in [4.69, 9.17) is 4.74 Å². The van der Waals surface area contributed by atoms with Crippen LogP contribution in [0, 0.1) is 17.0 Å². The van der Waals surface area contributed by atoms with Gasteiger partial charge in [-0.15, -0.1) is 0 Å². The number of hydrogen-bond donors (Lipinski definition) is 2. The maximum absolute atomic E-state index is 10.7. The van der Waals surface area contributed by atoms with E-state index in [1.54, 1.807) is 12.1 Å². The number of aryl methyl sites for hydroxylation is 1. The zero-order valence-corrected chi connectivity index (χ0v) is 16.4. The van der Waals surface area contributed by atoms with Crippen LogP contribution in [0.1, 0.15) is 5.56 Å². The van der Waals surface area contributed by atoms with E-state index in [0.717, 1.165) is 17.0 Å². The van der Waals surface area contributed by atoms with Gasteiger partial charge in [-0.25, -0.2) is 0 Å². The molecular formula is C22H22N4O4. The summed E-state index contributed by atoms with van der Waals surface area (Å²) in [5, 5.41) is 32.1. The number of nitrogens with zero attached hydrogens (tertiary/aromatic N) is 3. The molecule has 8 nitrogen and oxygen atoms in total. The molecule has 0 saturated carbocycles. The predicted octanol–water partition coefficient (Wildman–Crippen LogP) is 5.17. The van der Waals surface area contributed by atoms with Crippen molar-refractivity contribution in [3.8, 4) is 5.75 Å². The lowest BCUT2D eigenvalue weighted by Gasteiger charge is -2.14. The lowest BCUT2D eigenvalue weighted by atomic mass is 10.2. The standard InChI is InChI=1S/C22H22N4O4/c1-16-2-12-22(13-3-16)30-15-21(27)14-23-17-4-6-18(7-5-17)24-25-19-8-10-20(11-9-19)26(28)29/h2-13,21,23,27H,14-15H2,1H3. The van der Waals surface area contributed by atoms with Crippen molar-refractivity contribution in [1.29, 1.82) is 0 Å². The van der Waals surface area contributed by atoms with Crippen LogP contribution in [-0.2, 0) is 0 Å². The van der Waals surface area contributed by atoms with Crippen molar-refractivity contribution in [2.45, 2.75) is 13.0 Å². The first-order valence-electron chi connectivity index (χ1n) is 9.37. The Morgan fingerprint density at radius 2 is 1.53 bits per heavy atom. The Labute approximate surface area is 174 Å². The second-order valence-corrected chi connectivity index (χ2v) is 6.68. The predicted molar refractivity (Wildman–Crippen MR) is 115 cm³/mol. The normalized spacial score (nSPS) is 11.9. The molecule has 0 spiro atoms. The topological polar surface area (TPSA) is 109 Å². The Morgan fingerprint density at radius 3 is 2.10 bits per heavy atom. The van der Waals surface area contributed by atoms with Gasteiger partial charge in [-0.3, -0.25) is 10.1 Å². The number of aliphatic hydroxyl groups is 1. The van der Waals surface area contributed by atoms with E-state index in [9.17, 15) is 15.2 Å². The molecular weight excluding hydrogens is 384 g/mol. The number of hydrogen-bond acceptors (Lipinski definition) is 7. The molecule has 8 heteroatoms. The van der Waals surface area contributed by atoms with Crippen LogP contribution in [0.2, 0.25) is 0 Å². The fourth-order valence-corrected chi connectivity index (χ4v) is 2.52. The molecule has 3 aromatic rings. The highest BCUT2D eigenvalue weighted by Crippen LogP contribution is 2.22. The highest BCUT2D eigenvalue weighted by molar-refractivity contribution is 5.51. The van der Waals surface area contributed by atoms with E-state index < -0.39 is 11.0 Å². The number of rotatable bonds is 9. The number of nitro benzene ring substituents is 1. The van der Waals surface area contributed by atoms with Crippen LogP contribution in [-0.4, -0.2) is 29.3 Å². The number of anilines is 1. The van der Waals surface area contributed by atoms with E-state index in [2.05, 4.69) is 15.5 Å². The quantitative estimate of drug-likeness (QED) is 0.289. The number of aliphatic hydroxyl groups excluding tert-OH is 1. The van der Waals surface area contributed by atoms with Crippen molar-refractivity contribution in [2.75, 3.05) is 18.5 Å². The Bertz CT molecular complexity index is 987. The Morgan fingerprint density at radius 1 is 0.967 bits per heavy atom. The van der Waals surface area contributed by atoms with Crippen LogP contribution in [0.5, 0.6) is 5.75 Å². The molecule has 30 heavy (non-hydrogen) atoms. The Hall–Kier alpha value is -3.78. The summed E-state index contributed by atoms with van der Waals surface area (Å²) < 4.78 is 5.57. The minimum absolute atomic E-state index is 0.0100. The highest BCUT2D eigenvalue weighted by Gasteiger charge is 2.06. The number of nitrogens with one attached hydrogen (secondary N) is 1. The molecule has 0 aliphatic rings. The fourth-order valence-electron chi connectivity index (χ4n) is 2.52. The van der Waals surface area contributed by atoms with Crippen molar-refractivity contribution in [1.82, 2.24) is 0 Å². The van der Waals surface area contributed by atoms with Crippen molar-refractivity contribution in [3.05, 3.63) is 88.5 Å². The number of nitro groups is 1. The smallest absolute Gasteiger partial charge is 0.269 e. The number of benzene rings is 3. The molecule has 0 amide bonds. The van der Waals surface area contributed by atoms with Crippen molar-refractivity contribution in [2.24, 2.45) is 10.2 Å². The summed E-state index contributed by atoms with van der Waals surface area (Å²) in [6.07, 6.45) is -0.659. The highest BCUT2D eigenvalue weighted by atomic mass is 16.6. The van der Waals surface area contributed by atoms with Gasteiger partial charge in [-0.2, -0.15) is 10.2 Å². The molecule has 0 aliphatic carbocycles. The lowest BCUT2D eigenvalue weighted by Crippen LogP contribution is -2.26. The van der Waals surface area contributed by atoms with Crippen LogP contribution in [0.25, 0.3) is 0 Å². The summed E-state index contributed by atoms with van der Waals surface area (Å²) in [6.45, 7) is 2.54. The summed E-state index contributed by atoms with van der Waals surface area (Å²) in [5.74, 6) is 0.724. The van der Waals surface area contributed by atoms with Gasteiger partial charge in [0.1, 0.15) is 18.5 Å². The van der Waals surface area contributed by atoms with Gasteiger partial charge in [-0.1, -0.05) is 17.7 Å². The average molecular weight is 406 g/mol. The Kier molecular flexibility index (Phi) is 7.07. The maximum atomic E-state index is 10.7. The molecule has 3 aromatic carbocycles. The molecule has 3 rings (SSSR count). The third kappa shape index (κ3) is 6.39. The summed E-state index contributed by atoms with van der Waals surface area (Å²) in [6, 6.07) is 20.7. The van der Waals surface area contributed by atoms with Crippen molar-refractivity contribution in [3.63, 3.8) is 0 Å². The lowest BCUT2D eigenvalue weighted by molar-refractivity contribution is -0.384. The van der Waals surface area contributed by atoms with Crippen LogP contribution < -0.4 is 10.1 Å². The van der Waals surface area contributed by atoms with Gasteiger partial charge in [0.25, 0.3) is 5.69 Å². The molecule has 0 heterocycles. The van der Waals surface area contributed by atoms with E-state index in [1.165, 1.54) is 24.3 Å². The van der Waals surface area contributed by atoms with E-state index >= 15 is 0 Å². The molecule has 2 N–H and O–H groups in total. The second-order valence-electron chi connectivity index (χ2n) is 6.68. The van der Waals surface area contributed by atoms with Gasteiger partial charge in [-0.05, 0) is 55.5 Å².